The number of rotatable bonds is 3. The molecule has 0 saturated heterocycles. The average Bonchev–Trinajstić information content (AvgIpc) is 2.69. The van der Waals surface area contributed by atoms with Gasteiger partial charge in [0.25, 0.3) is 5.91 Å². The van der Waals surface area contributed by atoms with E-state index in [2.05, 4.69) is 5.32 Å². The van der Waals surface area contributed by atoms with Crippen molar-refractivity contribution in [2.75, 3.05) is 13.2 Å². The predicted octanol–water partition coefficient (Wildman–Crippen LogP) is 0.0986. The molecule has 0 fully saturated rings. The van der Waals surface area contributed by atoms with Crippen molar-refractivity contribution < 1.29 is 14.6 Å². The highest BCUT2D eigenvalue weighted by Gasteiger charge is 2.28. The molecule has 80 valence electrons. The van der Waals surface area contributed by atoms with E-state index in [1.807, 2.05) is 24.3 Å². The second kappa shape index (κ2) is 4.31. The molecule has 2 rings (SSSR count). The van der Waals surface area contributed by atoms with E-state index in [0.29, 0.717) is 6.42 Å². The molecule has 0 aromatic heterocycles. The van der Waals surface area contributed by atoms with Gasteiger partial charge in [-0.15, -0.1) is 0 Å². The van der Waals surface area contributed by atoms with Crippen LogP contribution >= 0.6 is 0 Å². The maximum Gasteiger partial charge on any atom is 0.261 e. The number of aliphatic hydroxyl groups excluding tert-OH is 1. The number of ether oxygens (including phenoxy) is 1. The van der Waals surface area contributed by atoms with Crippen molar-refractivity contribution in [3.8, 4) is 5.75 Å². The molecular formula is C11H13NO3. The van der Waals surface area contributed by atoms with Crippen molar-refractivity contribution in [2.24, 2.45) is 0 Å². The fourth-order valence-corrected chi connectivity index (χ4v) is 1.62. The number of nitrogens with one attached hydrogen (secondary N) is 1. The van der Waals surface area contributed by atoms with Gasteiger partial charge in [0.15, 0.2) is 6.10 Å². The van der Waals surface area contributed by atoms with E-state index >= 15 is 0 Å². The summed E-state index contributed by atoms with van der Waals surface area (Å²) in [5, 5.41) is 11.2. The first-order chi connectivity index (χ1) is 7.31. The summed E-state index contributed by atoms with van der Waals surface area (Å²) >= 11 is 0. The van der Waals surface area contributed by atoms with Gasteiger partial charge in [-0.2, -0.15) is 0 Å². The number of carbonyl (C=O) groups excluding carboxylic acids is 1. The van der Waals surface area contributed by atoms with E-state index in [0.717, 1.165) is 11.3 Å². The monoisotopic (exact) mass is 207 g/mol. The van der Waals surface area contributed by atoms with Crippen LogP contribution in [-0.2, 0) is 11.2 Å². The second-order valence-electron chi connectivity index (χ2n) is 3.43. The Kier molecular flexibility index (Phi) is 2.87. The number of fused-ring (bicyclic) bond motifs is 1. The topological polar surface area (TPSA) is 58.6 Å². The SMILES string of the molecule is O=C(NCCO)C1Cc2ccccc2O1. The van der Waals surface area contributed by atoms with Crippen LogP contribution < -0.4 is 10.1 Å². The molecule has 15 heavy (non-hydrogen) atoms. The van der Waals surface area contributed by atoms with Crippen LogP contribution in [0.4, 0.5) is 0 Å². The maximum absolute atomic E-state index is 11.5. The number of hydrogen-bond donors (Lipinski definition) is 2. The third kappa shape index (κ3) is 2.10. The molecule has 1 aliphatic rings. The van der Waals surface area contributed by atoms with Crippen LogP contribution in [0.5, 0.6) is 5.75 Å². The van der Waals surface area contributed by atoms with Gasteiger partial charge in [0.1, 0.15) is 5.75 Å². The summed E-state index contributed by atoms with van der Waals surface area (Å²) in [7, 11) is 0. The highest BCUT2D eigenvalue weighted by molar-refractivity contribution is 5.82. The van der Waals surface area contributed by atoms with Crippen LogP contribution in [0.15, 0.2) is 24.3 Å². The van der Waals surface area contributed by atoms with E-state index in [1.54, 1.807) is 0 Å². The van der Waals surface area contributed by atoms with Crippen LogP contribution in [0.1, 0.15) is 5.56 Å². The summed E-state index contributed by atoms with van der Waals surface area (Å²) in [6.07, 6.45) is 0.155. The van der Waals surface area contributed by atoms with Gasteiger partial charge in [-0.1, -0.05) is 18.2 Å². The zero-order valence-electron chi connectivity index (χ0n) is 8.27. The molecule has 1 amide bonds. The first-order valence-corrected chi connectivity index (χ1v) is 4.94. The zero-order chi connectivity index (χ0) is 10.7. The summed E-state index contributed by atoms with van der Waals surface area (Å²) < 4.78 is 5.47. The average molecular weight is 207 g/mol. The molecule has 1 unspecified atom stereocenters. The highest BCUT2D eigenvalue weighted by Crippen LogP contribution is 2.27. The molecule has 1 aromatic carbocycles. The van der Waals surface area contributed by atoms with Crippen LogP contribution in [0, 0.1) is 0 Å². The molecule has 1 heterocycles. The van der Waals surface area contributed by atoms with Crippen molar-refractivity contribution in [3.63, 3.8) is 0 Å². The number of amides is 1. The third-order valence-corrected chi connectivity index (χ3v) is 2.35. The Morgan fingerprint density at radius 3 is 3.07 bits per heavy atom. The molecule has 0 radical (unpaired) electrons. The number of benzene rings is 1. The lowest BCUT2D eigenvalue weighted by molar-refractivity contribution is -0.127. The van der Waals surface area contributed by atoms with Gasteiger partial charge >= 0.3 is 0 Å². The van der Waals surface area contributed by atoms with E-state index in [-0.39, 0.29) is 19.1 Å². The summed E-state index contributed by atoms with van der Waals surface area (Å²) in [4.78, 5) is 11.5. The first-order valence-electron chi connectivity index (χ1n) is 4.94. The normalized spacial score (nSPS) is 18.1. The molecule has 1 aromatic rings. The zero-order valence-corrected chi connectivity index (χ0v) is 8.27. The standard InChI is InChI=1S/C11H13NO3/c13-6-5-12-11(14)10-7-8-3-1-2-4-9(8)15-10/h1-4,10,13H,5-7H2,(H,12,14). The fraction of sp³-hybridized carbons (Fsp3) is 0.364. The van der Waals surface area contributed by atoms with Gasteiger partial charge in [-0.25, -0.2) is 0 Å². The van der Waals surface area contributed by atoms with Crippen molar-refractivity contribution in [3.05, 3.63) is 29.8 Å². The van der Waals surface area contributed by atoms with Gasteiger partial charge in [0, 0.05) is 13.0 Å². The largest absolute Gasteiger partial charge is 0.480 e. The molecule has 0 aliphatic carbocycles. The van der Waals surface area contributed by atoms with Gasteiger partial charge in [0.2, 0.25) is 0 Å². The molecule has 0 saturated carbocycles. The molecule has 0 spiro atoms. The van der Waals surface area contributed by atoms with Crippen LogP contribution in [0.25, 0.3) is 0 Å². The number of hydrogen-bond acceptors (Lipinski definition) is 3. The van der Waals surface area contributed by atoms with E-state index in [4.69, 9.17) is 9.84 Å². The van der Waals surface area contributed by atoms with E-state index in [9.17, 15) is 4.79 Å². The van der Waals surface area contributed by atoms with Crippen LogP contribution in [0.2, 0.25) is 0 Å². The molecule has 2 N–H and O–H groups in total. The lowest BCUT2D eigenvalue weighted by Gasteiger charge is -2.09. The van der Waals surface area contributed by atoms with Gasteiger partial charge in [-0.3, -0.25) is 4.79 Å². The number of para-hydroxylation sites is 1. The minimum absolute atomic E-state index is 0.0502. The Morgan fingerprint density at radius 1 is 1.53 bits per heavy atom. The third-order valence-electron chi connectivity index (χ3n) is 2.35. The van der Waals surface area contributed by atoms with E-state index < -0.39 is 6.10 Å². The smallest absolute Gasteiger partial charge is 0.261 e. The van der Waals surface area contributed by atoms with Crippen LogP contribution in [-0.4, -0.2) is 30.3 Å². The summed E-state index contributed by atoms with van der Waals surface area (Å²) in [5.41, 5.74) is 1.06. The predicted molar refractivity (Wildman–Crippen MR) is 54.7 cm³/mol. The van der Waals surface area contributed by atoms with Crippen LogP contribution in [0.3, 0.4) is 0 Å². The number of carbonyl (C=O) groups is 1. The molecule has 4 heteroatoms. The van der Waals surface area contributed by atoms with Crippen molar-refractivity contribution in [1.29, 1.82) is 0 Å². The summed E-state index contributed by atoms with van der Waals surface area (Å²) in [6, 6.07) is 7.62. The molecule has 1 aliphatic heterocycles. The highest BCUT2D eigenvalue weighted by atomic mass is 16.5. The van der Waals surface area contributed by atoms with Crippen molar-refractivity contribution in [1.82, 2.24) is 5.32 Å². The Morgan fingerprint density at radius 2 is 2.33 bits per heavy atom. The van der Waals surface area contributed by atoms with Crippen molar-refractivity contribution >= 4 is 5.91 Å². The Labute approximate surface area is 87.9 Å². The summed E-state index contributed by atoms with van der Waals surface area (Å²) in [5.74, 6) is 0.613. The Hall–Kier alpha value is -1.55. The van der Waals surface area contributed by atoms with Gasteiger partial charge < -0.3 is 15.2 Å². The minimum atomic E-state index is -0.450. The number of aliphatic hydroxyl groups is 1. The fourth-order valence-electron chi connectivity index (χ4n) is 1.62. The quantitative estimate of drug-likeness (QED) is 0.739. The van der Waals surface area contributed by atoms with Gasteiger partial charge in [-0.05, 0) is 11.6 Å². The second-order valence-corrected chi connectivity index (χ2v) is 3.43. The molecule has 0 bridgehead atoms. The maximum atomic E-state index is 11.5. The lowest BCUT2D eigenvalue weighted by atomic mass is 10.1. The molecular weight excluding hydrogens is 194 g/mol. The summed E-state index contributed by atoms with van der Waals surface area (Å²) in [6.45, 7) is 0.223. The van der Waals surface area contributed by atoms with Gasteiger partial charge in [0.05, 0.1) is 6.61 Å². The first kappa shape index (κ1) is 9.98. The Bertz CT molecular complexity index is 340. The minimum Gasteiger partial charge on any atom is -0.480 e. The molecule has 1 atom stereocenters. The molecule has 4 nitrogen and oxygen atoms in total. The van der Waals surface area contributed by atoms with E-state index in [1.165, 1.54) is 0 Å². The Balaban J connectivity index is 1.98. The van der Waals surface area contributed by atoms with Crippen molar-refractivity contribution in [2.45, 2.75) is 12.5 Å². The lowest BCUT2D eigenvalue weighted by Crippen LogP contribution is -2.38.